The molecule has 0 aromatic heterocycles. The number of amides is 1. The zero-order valence-electron chi connectivity index (χ0n) is 13.1. The third kappa shape index (κ3) is 4.96. The number of halogens is 4. The van der Waals surface area contributed by atoms with Crippen molar-refractivity contribution in [3.8, 4) is 0 Å². The van der Waals surface area contributed by atoms with Crippen LogP contribution in [0.5, 0.6) is 0 Å². The molecule has 0 radical (unpaired) electrons. The van der Waals surface area contributed by atoms with Gasteiger partial charge < -0.3 is 15.2 Å². The molecular formula is C17H13ClF3NO4. The summed E-state index contributed by atoms with van der Waals surface area (Å²) in [5.41, 5.74) is -0.999. The molecule has 138 valence electrons. The zero-order valence-corrected chi connectivity index (χ0v) is 13.9. The van der Waals surface area contributed by atoms with Crippen LogP contribution < -0.4 is 5.32 Å². The minimum absolute atomic E-state index is 0.128. The Kier molecular flexibility index (Phi) is 6.23. The van der Waals surface area contributed by atoms with Crippen molar-refractivity contribution < 1.29 is 32.6 Å². The molecule has 0 aliphatic heterocycles. The predicted octanol–water partition coefficient (Wildman–Crippen LogP) is 3.65. The molecule has 2 aromatic carbocycles. The van der Waals surface area contributed by atoms with Gasteiger partial charge in [0.2, 0.25) is 0 Å². The molecule has 9 heteroatoms. The Morgan fingerprint density at radius 1 is 1.12 bits per heavy atom. The number of aliphatic hydroxyl groups is 1. The first-order chi connectivity index (χ1) is 12.2. The fourth-order valence-electron chi connectivity index (χ4n) is 2.02. The second kappa shape index (κ2) is 8.20. The SMILES string of the molecule is O=C(COC(=O)c1ccc(CO)cc1)Nc1c(Cl)cccc1C(F)(F)F. The molecule has 0 atom stereocenters. The van der Waals surface area contributed by atoms with E-state index in [-0.39, 0.29) is 17.2 Å². The number of esters is 1. The number of hydrogen-bond acceptors (Lipinski definition) is 4. The van der Waals surface area contributed by atoms with E-state index in [1.54, 1.807) is 0 Å². The first kappa shape index (κ1) is 19.7. The van der Waals surface area contributed by atoms with E-state index in [4.69, 9.17) is 21.4 Å². The largest absolute Gasteiger partial charge is 0.452 e. The van der Waals surface area contributed by atoms with E-state index < -0.39 is 35.9 Å². The summed E-state index contributed by atoms with van der Waals surface area (Å²) in [6, 6.07) is 8.85. The van der Waals surface area contributed by atoms with Crippen LogP contribution in [0.25, 0.3) is 0 Å². The third-order valence-corrected chi connectivity index (χ3v) is 3.60. The van der Waals surface area contributed by atoms with Crippen LogP contribution in [-0.2, 0) is 22.3 Å². The van der Waals surface area contributed by atoms with E-state index in [1.807, 2.05) is 5.32 Å². The van der Waals surface area contributed by atoms with E-state index in [2.05, 4.69) is 0 Å². The van der Waals surface area contributed by atoms with E-state index in [9.17, 15) is 22.8 Å². The van der Waals surface area contributed by atoms with Crippen LogP contribution in [0, 0.1) is 0 Å². The van der Waals surface area contributed by atoms with Crippen molar-refractivity contribution in [2.45, 2.75) is 12.8 Å². The highest BCUT2D eigenvalue weighted by Gasteiger charge is 2.34. The summed E-state index contributed by atoms with van der Waals surface area (Å²) in [6.07, 6.45) is -4.71. The summed E-state index contributed by atoms with van der Waals surface area (Å²) in [6.45, 7) is -0.986. The van der Waals surface area contributed by atoms with Gasteiger partial charge >= 0.3 is 12.1 Å². The van der Waals surface area contributed by atoms with Crippen LogP contribution in [-0.4, -0.2) is 23.6 Å². The first-order valence-corrected chi connectivity index (χ1v) is 7.62. The molecule has 0 aliphatic carbocycles. The number of benzene rings is 2. The van der Waals surface area contributed by atoms with Crippen LogP contribution in [0.3, 0.4) is 0 Å². The molecular weight excluding hydrogens is 375 g/mol. The first-order valence-electron chi connectivity index (χ1n) is 7.25. The molecule has 2 rings (SSSR count). The van der Waals surface area contributed by atoms with Gasteiger partial charge in [0.25, 0.3) is 5.91 Å². The van der Waals surface area contributed by atoms with Crippen molar-refractivity contribution in [1.82, 2.24) is 0 Å². The predicted molar refractivity (Wildman–Crippen MR) is 87.7 cm³/mol. The Morgan fingerprint density at radius 2 is 1.77 bits per heavy atom. The summed E-state index contributed by atoms with van der Waals surface area (Å²) in [4.78, 5) is 23.7. The average Bonchev–Trinajstić information content (AvgIpc) is 2.60. The fraction of sp³-hybridized carbons (Fsp3) is 0.176. The van der Waals surface area contributed by atoms with Gasteiger partial charge in [0.05, 0.1) is 28.4 Å². The monoisotopic (exact) mass is 387 g/mol. The maximum absolute atomic E-state index is 13.0. The van der Waals surface area contributed by atoms with Gasteiger partial charge in [-0.1, -0.05) is 29.8 Å². The summed E-state index contributed by atoms with van der Waals surface area (Å²) >= 11 is 5.72. The van der Waals surface area contributed by atoms with Crippen LogP contribution in [0.15, 0.2) is 42.5 Å². The Hall–Kier alpha value is -2.58. The number of rotatable bonds is 5. The number of carbonyl (C=O) groups is 2. The molecule has 2 aromatic rings. The van der Waals surface area contributed by atoms with Crippen molar-refractivity contribution in [3.05, 3.63) is 64.2 Å². The van der Waals surface area contributed by atoms with Crippen molar-refractivity contribution in [2.24, 2.45) is 0 Å². The van der Waals surface area contributed by atoms with E-state index in [0.717, 1.165) is 12.1 Å². The molecule has 0 unspecified atom stereocenters. The van der Waals surface area contributed by atoms with Gasteiger partial charge in [0, 0.05) is 0 Å². The Labute approximate surface area is 151 Å². The van der Waals surface area contributed by atoms with Crippen LogP contribution in [0.2, 0.25) is 5.02 Å². The van der Waals surface area contributed by atoms with Gasteiger partial charge in [0.15, 0.2) is 6.61 Å². The number of carbonyl (C=O) groups excluding carboxylic acids is 2. The number of ether oxygens (including phenoxy) is 1. The topological polar surface area (TPSA) is 75.6 Å². The Bertz CT molecular complexity index is 807. The molecule has 26 heavy (non-hydrogen) atoms. The molecule has 0 aliphatic rings. The molecule has 1 amide bonds. The normalized spacial score (nSPS) is 11.1. The van der Waals surface area contributed by atoms with E-state index >= 15 is 0 Å². The highest BCUT2D eigenvalue weighted by molar-refractivity contribution is 6.34. The molecule has 0 spiro atoms. The smallest absolute Gasteiger partial charge is 0.418 e. The van der Waals surface area contributed by atoms with Gasteiger partial charge in [0.1, 0.15) is 0 Å². The minimum atomic E-state index is -4.71. The number of nitrogens with one attached hydrogen (secondary N) is 1. The third-order valence-electron chi connectivity index (χ3n) is 3.29. The lowest BCUT2D eigenvalue weighted by molar-refractivity contribution is -0.137. The van der Waals surface area contributed by atoms with Gasteiger partial charge in [-0.3, -0.25) is 4.79 Å². The lowest BCUT2D eigenvalue weighted by atomic mass is 10.1. The summed E-state index contributed by atoms with van der Waals surface area (Å²) in [7, 11) is 0. The summed E-state index contributed by atoms with van der Waals surface area (Å²) < 4.78 is 43.7. The highest BCUT2D eigenvalue weighted by atomic mass is 35.5. The highest BCUT2D eigenvalue weighted by Crippen LogP contribution is 2.38. The Morgan fingerprint density at radius 3 is 2.35 bits per heavy atom. The second-order valence-electron chi connectivity index (χ2n) is 5.14. The van der Waals surface area contributed by atoms with Crippen molar-refractivity contribution in [2.75, 3.05) is 11.9 Å². The lowest BCUT2D eigenvalue weighted by Gasteiger charge is -2.15. The lowest BCUT2D eigenvalue weighted by Crippen LogP contribution is -2.23. The number of alkyl halides is 3. The molecule has 0 bridgehead atoms. The van der Waals surface area contributed by atoms with Gasteiger partial charge in [-0.15, -0.1) is 0 Å². The van der Waals surface area contributed by atoms with Crippen LogP contribution in [0.1, 0.15) is 21.5 Å². The standard InChI is InChI=1S/C17H13ClF3NO4/c18-13-3-1-2-12(17(19,20)21)15(13)22-14(24)9-26-16(25)11-6-4-10(8-23)5-7-11/h1-7,23H,8-9H2,(H,22,24). The van der Waals surface area contributed by atoms with Crippen molar-refractivity contribution in [1.29, 1.82) is 0 Å². The number of aliphatic hydroxyl groups excluding tert-OH is 1. The van der Waals surface area contributed by atoms with Crippen LogP contribution >= 0.6 is 11.6 Å². The average molecular weight is 388 g/mol. The molecule has 2 N–H and O–H groups in total. The molecule has 0 saturated heterocycles. The molecule has 0 fully saturated rings. The van der Waals surface area contributed by atoms with E-state index in [0.29, 0.717) is 5.56 Å². The summed E-state index contributed by atoms with van der Waals surface area (Å²) in [5, 5.41) is 10.6. The van der Waals surface area contributed by atoms with Gasteiger partial charge in [-0.25, -0.2) is 4.79 Å². The zero-order chi connectivity index (χ0) is 19.3. The number of anilines is 1. The Balaban J connectivity index is 2.02. The van der Waals surface area contributed by atoms with Crippen LogP contribution in [0.4, 0.5) is 18.9 Å². The molecule has 0 heterocycles. The molecule has 0 saturated carbocycles. The quantitative estimate of drug-likeness (QED) is 0.768. The number of hydrogen-bond donors (Lipinski definition) is 2. The fourth-order valence-corrected chi connectivity index (χ4v) is 2.25. The van der Waals surface area contributed by atoms with Crippen molar-refractivity contribution >= 4 is 29.2 Å². The summed E-state index contributed by atoms with van der Waals surface area (Å²) in [5.74, 6) is -1.80. The van der Waals surface area contributed by atoms with Crippen molar-refractivity contribution in [3.63, 3.8) is 0 Å². The van der Waals surface area contributed by atoms with Gasteiger partial charge in [-0.2, -0.15) is 13.2 Å². The minimum Gasteiger partial charge on any atom is -0.452 e. The number of para-hydroxylation sites is 1. The maximum Gasteiger partial charge on any atom is 0.418 e. The molecule has 5 nitrogen and oxygen atoms in total. The van der Waals surface area contributed by atoms with E-state index in [1.165, 1.54) is 30.3 Å². The van der Waals surface area contributed by atoms with Gasteiger partial charge in [-0.05, 0) is 29.8 Å². The second-order valence-corrected chi connectivity index (χ2v) is 5.55. The maximum atomic E-state index is 13.0.